The number of carboxylic acid groups (broad SMARTS) is 1. The van der Waals surface area contributed by atoms with E-state index in [4.69, 9.17) is 5.11 Å². The molecule has 0 atom stereocenters. The fourth-order valence-electron chi connectivity index (χ4n) is 1.94. The lowest BCUT2D eigenvalue weighted by molar-refractivity contribution is 0.0697. The third-order valence-corrected chi connectivity index (χ3v) is 2.95. The zero-order valence-corrected chi connectivity index (χ0v) is 10.5. The Morgan fingerprint density at radius 3 is 2.65 bits per heavy atom. The number of carbonyl (C=O) groups is 1. The zero-order chi connectivity index (χ0) is 13.9. The molecule has 2 heterocycles. The van der Waals surface area contributed by atoms with Crippen molar-refractivity contribution in [3.8, 4) is 16.8 Å². The molecule has 3 rings (SSSR count). The Balaban J connectivity index is 1.98. The second-order valence-electron chi connectivity index (χ2n) is 4.26. The van der Waals surface area contributed by atoms with Gasteiger partial charge in [-0.1, -0.05) is 6.07 Å². The van der Waals surface area contributed by atoms with E-state index in [1.54, 1.807) is 41.5 Å². The molecule has 0 bridgehead atoms. The smallest absolute Gasteiger partial charge is 0.335 e. The van der Waals surface area contributed by atoms with Crippen LogP contribution in [0.1, 0.15) is 10.4 Å². The molecule has 0 spiro atoms. The van der Waals surface area contributed by atoms with E-state index in [2.05, 4.69) is 10.1 Å². The average Bonchev–Trinajstić information content (AvgIpc) is 2.98. The quantitative estimate of drug-likeness (QED) is 0.790. The third-order valence-electron chi connectivity index (χ3n) is 2.95. The van der Waals surface area contributed by atoms with E-state index in [0.717, 1.165) is 11.1 Å². The van der Waals surface area contributed by atoms with Crippen molar-refractivity contribution in [2.45, 2.75) is 0 Å². The van der Waals surface area contributed by atoms with Crippen LogP contribution < -0.4 is 0 Å². The Morgan fingerprint density at radius 1 is 1.10 bits per heavy atom. The van der Waals surface area contributed by atoms with Gasteiger partial charge in [-0.15, -0.1) is 0 Å². The van der Waals surface area contributed by atoms with Gasteiger partial charge in [0.1, 0.15) is 0 Å². The van der Waals surface area contributed by atoms with Gasteiger partial charge in [0.15, 0.2) is 0 Å². The van der Waals surface area contributed by atoms with Crippen LogP contribution >= 0.6 is 0 Å². The molecule has 0 unspecified atom stereocenters. The van der Waals surface area contributed by atoms with Crippen LogP contribution in [0.25, 0.3) is 16.8 Å². The van der Waals surface area contributed by atoms with Crippen molar-refractivity contribution in [2.24, 2.45) is 0 Å². The molecule has 5 heteroatoms. The van der Waals surface area contributed by atoms with Gasteiger partial charge in [-0.3, -0.25) is 4.98 Å². The molecule has 20 heavy (non-hydrogen) atoms. The molecule has 0 aliphatic carbocycles. The van der Waals surface area contributed by atoms with E-state index in [1.807, 2.05) is 24.4 Å². The SMILES string of the molecule is O=C(O)c1cccc(-n2cc(-c3ccncc3)cn2)c1. The van der Waals surface area contributed by atoms with E-state index in [9.17, 15) is 4.79 Å². The number of rotatable bonds is 3. The van der Waals surface area contributed by atoms with Crippen molar-refractivity contribution in [3.05, 3.63) is 66.7 Å². The van der Waals surface area contributed by atoms with Crippen molar-refractivity contribution in [1.29, 1.82) is 0 Å². The van der Waals surface area contributed by atoms with E-state index in [0.29, 0.717) is 5.69 Å². The van der Waals surface area contributed by atoms with Crippen LogP contribution in [0.2, 0.25) is 0 Å². The first kappa shape index (κ1) is 12.1. The molecule has 0 amide bonds. The maximum atomic E-state index is 11.0. The number of benzene rings is 1. The number of nitrogens with zero attached hydrogens (tertiary/aromatic N) is 3. The van der Waals surface area contributed by atoms with Crippen LogP contribution in [0.3, 0.4) is 0 Å². The fourth-order valence-corrected chi connectivity index (χ4v) is 1.94. The third kappa shape index (κ3) is 2.29. The van der Waals surface area contributed by atoms with Crippen LogP contribution in [0.5, 0.6) is 0 Å². The molecule has 1 N–H and O–H groups in total. The molecule has 0 aliphatic rings. The van der Waals surface area contributed by atoms with Gasteiger partial charge < -0.3 is 5.11 Å². The molecular weight excluding hydrogens is 254 g/mol. The Kier molecular flexibility index (Phi) is 3.01. The van der Waals surface area contributed by atoms with Crippen molar-refractivity contribution in [2.75, 3.05) is 0 Å². The van der Waals surface area contributed by atoms with Crippen LogP contribution in [-0.4, -0.2) is 25.8 Å². The van der Waals surface area contributed by atoms with Crippen LogP contribution in [0, 0.1) is 0 Å². The summed E-state index contributed by atoms with van der Waals surface area (Å²) >= 11 is 0. The minimum atomic E-state index is -0.951. The van der Waals surface area contributed by atoms with Crippen molar-refractivity contribution < 1.29 is 9.90 Å². The predicted octanol–water partition coefficient (Wildman–Crippen LogP) is 2.63. The first-order valence-electron chi connectivity index (χ1n) is 6.03. The summed E-state index contributed by atoms with van der Waals surface area (Å²) in [5.74, 6) is -0.951. The van der Waals surface area contributed by atoms with Gasteiger partial charge in [-0.05, 0) is 35.9 Å². The monoisotopic (exact) mass is 265 g/mol. The second kappa shape index (κ2) is 4.97. The summed E-state index contributed by atoms with van der Waals surface area (Å²) in [4.78, 5) is 14.9. The maximum absolute atomic E-state index is 11.0. The summed E-state index contributed by atoms with van der Waals surface area (Å²) in [5, 5.41) is 13.3. The molecule has 5 nitrogen and oxygen atoms in total. The van der Waals surface area contributed by atoms with Crippen molar-refractivity contribution in [1.82, 2.24) is 14.8 Å². The molecule has 3 aromatic rings. The molecule has 0 saturated heterocycles. The lowest BCUT2D eigenvalue weighted by Gasteiger charge is -2.02. The summed E-state index contributed by atoms with van der Waals surface area (Å²) < 4.78 is 1.65. The molecule has 0 saturated carbocycles. The molecule has 0 aliphatic heterocycles. The van der Waals surface area contributed by atoms with Gasteiger partial charge in [0.2, 0.25) is 0 Å². The summed E-state index contributed by atoms with van der Waals surface area (Å²) in [5.41, 5.74) is 2.92. The molecule has 0 fully saturated rings. The lowest BCUT2D eigenvalue weighted by atomic mass is 10.1. The highest BCUT2D eigenvalue weighted by Crippen LogP contribution is 2.19. The molecule has 1 aromatic carbocycles. The molecule has 98 valence electrons. The highest BCUT2D eigenvalue weighted by Gasteiger charge is 2.06. The Bertz CT molecular complexity index is 751. The number of aromatic nitrogens is 3. The Hall–Kier alpha value is -2.95. The van der Waals surface area contributed by atoms with Gasteiger partial charge in [-0.25, -0.2) is 9.48 Å². The molecular formula is C15H11N3O2. The fraction of sp³-hybridized carbons (Fsp3) is 0. The van der Waals surface area contributed by atoms with E-state index in [-0.39, 0.29) is 5.56 Å². The standard InChI is InChI=1S/C15H11N3O2/c19-15(20)12-2-1-3-14(8-12)18-10-13(9-17-18)11-4-6-16-7-5-11/h1-10H,(H,19,20). The van der Waals surface area contributed by atoms with Gasteiger partial charge in [0, 0.05) is 24.2 Å². The van der Waals surface area contributed by atoms with Crippen LogP contribution in [-0.2, 0) is 0 Å². The lowest BCUT2D eigenvalue weighted by Crippen LogP contribution is -1.99. The van der Waals surface area contributed by atoms with Gasteiger partial charge in [0.05, 0.1) is 17.4 Å². The van der Waals surface area contributed by atoms with E-state index >= 15 is 0 Å². The van der Waals surface area contributed by atoms with E-state index < -0.39 is 5.97 Å². The summed E-state index contributed by atoms with van der Waals surface area (Å²) in [7, 11) is 0. The summed E-state index contributed by atoms with van der Waals surface area (Å²) in [6.07, 6.45) is 7.04. The van der Waals surface area contributed by atoms with Crippen molar-refractivity contribution in [3.63, 3.8) is 0 Å². The summed E-state index contributed by atoms with van der Waals surface area (Å²) in [6.45, 7) is 0. The number of aromatic carboxylic acids is 1. The first-order chi connectivity index (χ1) is 9.74. The van der Waals surface area contributed by atoms with E-state index in [1.165, 1.54) is 0 Å². The van der Waals surface area contributed by atoms with Gasteiger partial charge in [-0.2, -0.15) is 5.10 Å². The predicted molar refractivity (Wildman–Crippen MR) is 73.8 cm³/mol. The van der Waals surface area contributed by atoms with Crippen LogP contribution in [0.4, 0.5) is 0 Å². The first-order valence-corrected chi connectivity index (χ1v) is 6.03. The minimum absolute atomic E-state index is 0.239. The maximum Gasteiger partial charge on any atom is 0.335 e. The van der Waals surface area contributed by atoms with Crippen LogP contribution in [0.15, 0.2) is 61.2 Å². The molecule has 0 radical (unpaired) electrons. The normalized spacial score (nSPS) is 10.4. The highest BCUT2D eigenvalue weighted by atomic mass is 16.4. The zero-order valence-electron chi connectivity index (χ0n) is 10.5. The number of hydrogen-bond acceptors (Lipinski definition) is 3. The average molecular weight is 265 g/mol. The number of pyridine rings is 1. The number of hydrogen-bond donors (Lipinski definition) is 1. The topological polar surface area (TPSA) is 68.0 Å². The molecule has 2 aromatic heterocycles. The second-order valence-corrected chi connectivity index (χ2v) is 4.26. The Morgan fingerprint density at radius 2 is 1.90 bits per heavy atom. The minimum Gasteiger partial charge on any atom is -0.478 e. The van der Waals surface area contributed by atoms with Crippen molar-refractivity contribution >= 4 is 5.97 Å². The number of carboxylic acids is 1. The summed E-state index contributed by atoms with van der Waals surface area (Å²) in [6, 6.07) is 10.5. The van der Waals surface area contributed by atoms with Gasteiger partial charge >= 0.3 is 5.97 Å². The Labute approximate surface area is 115 Å². The highest BCUT2D eigenvalue weighted by molar-refractivity contribution is 5.88. The largest absolute Gasteiger partial charge is 0.478 e. The van der Waals surface area contributed by atoms with Gasteiger partial charge in [0.25, 0.3) is 0 Å².